The topological polar surface area (TPSA) is 80.2 Å². The van der Waals surface area contributed by atoms with Gasteiger partial charge in [0.15, 0.2) is 11.5 Å². The lowest BCUT2D eigenvalue weighted by atomic mass is 10.0. The molecule has 6 heteroatoms. The largest absolute Gasteiger partial charge is 0.507 e. The van der Waals surface area contributed by atoms with Crippen LogP contribution in [0.25, 0.3) is 21.5 Å². The van der Waals surface area contributed by atoms with E-state index in [0.717, 1.165) is 38.2 Å². The highest BCUT2D eigenvalue weighted by Crippen LogP contribution is 2.35. The predicted molar refractivity (Wildman–Crippen MR) is 160 cm³/mol. The molecule has 5 aromatic rings. The van der Waals surface area contributed by atoms with Crippen molar-refractivity contribution in [2.75, 3.05) is 6.61 Å². The number of fused-ring (bicyclic) bond motifs is 2. The highest BCUT2D eigenvalue weighted by atomic mass is 16.5. The molecule has 0 saturated heterocycles. The van der Waals surface area contributed by atoms with Crippen LogP contribution in [0.2, 0.25) is 0 Å². The molecule has 0 saturated carbocycles. The van der Waals surface area contributed by atoms with Crippen LogP contribution in [-0.4, -0.2) is 23.8 Å². The molecule has 40 heavy (non-hydrogen) atoms. The van der Waals surface area contributed by atoms with Gasteiger partial charge in [-0.2, -0.15) is 5.10 Å². The second kappa shape index (κ2) is 12.2. The van der Waals surface area contributed by atoms with Crippen LogP contribution >= 0.6 is 0 Å². The van der Waals surface area contributed by atoms with Gasteiger partial charge in [-0.05, 0) is 70.3 Å². The molecular formula is C34H30N2O4. The van der Waals surface area contributed by atoms with E-state index in [1.165, 1.54) is 0 Å². The number of nitrogens with zero attached hydrogens (tertiary/aromatic N) is 1. The van der Waals surface area contributed by atoms with Crippen molar-refractivity contribution in [1.29, 1.82) is 0 Å². The van der Waals surface area contributed by atoms with Crippen LogP contribution in [-0.2, 0) is 13.0 Å². The van der Waals surface area contributed by atoms with Crippen molar-refractivity contribution in [3.63, 3.8) is 0 Å². The number of ether oxygens (including phenoxy) is 2. The minimum absolute atomic E-state index is 0.106. The summed E-state index contributed by atoms with van der Waals surface area (Å²) in [6.07, 6.45) is 3.91. The first-order valence-electron chi connectivity index (χ1n) is 13.1. The van der Waals surface area contributed by atoms with E-state index < -0.39 is 5.91 Å². The summed E-state index contributed by atoms with van der Waals surface area (Å²) < 4.78 is 12.3. The lowest BCUT2D eigenvalue weighted by Gasteiger charge is -2.17. The van der Waals surface area contributed by atoms with Crippen molar-refractivity contribution in [2.45, 2.75) is 20.0 Å². The number of nitrogens with one attached hydrogen (secondary N) is 1. The third-order valence-corrected chi connectivity index (χ3v) is 6.56. The molecule has 0 aliphatic carbocycles. The summed E-state index contributed by atoms with van der Waals surface area (Å²) in [5.41, 5.74) is 5.35. The average Bonchev–Trinajstić information content (AvgIpc) is 2.96. The smallest absolute Gasteiger partial charge is 0.275 e. The molecule has 0 aliphatic rings. The maximum atomic E-state index is 12.8. The predicted octanol–water partition coefficient (Wildman–Crippen LogP) is 7.17. The van der Waals surface area contributed by atoms with Gasteiger partial charge >= 0.3 is 0 Å². The van der Waals surface area contributed by atoms with Crippen molar-refractivity contribution in [3.05, 3.63) is 126 Å². The van der Waals surface area contributed by atoms with Crippen molar-refractivity contribution < 1.29 is 19.4 Å². The summed E-state index contributed by atoms with van der Waals surface area (Å²) in [4.78, 5) is 12.8. The number of hydrogen-bond donors (Lipinski definition) is 2. The van der Waals surface area contributed by atoms with Crippen molar-refractivity contribution in [2.24, 2.45) is 5.10 Å². The maximum absolute atomic E-state index is 12.8. The highest BCUT2D eigenvalue weighted by Gasteiger charge is 2.15. The summed E-state index contributed by atoms with van der Waals surface area (Å²) in [6, 6.07) is 28.9. The Morgan fingerprint density at radius 2 is 1.62 bits per heavy atom. The number of carbonyl (C=O) groups excluding carboxylic acids is 1. The van der Waals surface area contributed by atoms with E-state index in [1.54, 1.807) is 24.4 Å². The van der Waals surface area contributed by atoms with Gasteiger partial charge in [-0.3, -0.25) is 4.79 Å². The minimum Gasteiger partial charge on any atom is -0.507 e. The van der Waals surface area contributed by atoms with E-state index in [2.05, 4.69) is 41.4 Å². The molecule has 200 valence electrons. The van der Waals surface area contributed by atoms with Gasteiger partial charge in [-0.25, -0.2) is 5.43 Å². The Kier molecular flexibility index (Phi) is 8.07. The summed E-state index contributed by atoms with van der Waals surface area (Å²) in [5, 5.41) is 18.5. The molecule has 0 radical (unpaired) electrons. The second-order valence-electron chi connectivity index (χ2n) is 9.28. The molecule has 0 fully saturated rings. The molecule has 6 nitrogen and oxygen atoms in total. The first-order valence-corrected chi connectivity index (χ1v) is 13.1. The van der Waals surface area contributed by atoms with Gasteiger partial charge < -0.3 is 14.6 Å². The third kappa shape index (κ3) is 5.81. The summed E-state index contributed by atoms with van der Waals surface area (Å²) >= 11 is 0. The van der Waals surface area contributed by atoms with E-state index in [4.69, 9.17) is 9.47 Å². The van der Waals surface area contributed by atoms with E-state index in [0.29, 0.717) is 31.1 Å². The van der Waals surface area contributed by atoms with Crippen LogP contribution in [0.15, 0.2) is 109 Å². The Hall–Kier alpha value is -5.10. The molecule has 1 amide bonds. The Morgan fingerprint density at radius 3 is 2.40 bits per heavy atom. The molecule has 0 atom stereocenters. The normalized spacial score (nSPS) is 11.1. The molecule has 0 heterocycles. The van der Waals surface area contributed by atoms with Crippen LogP contribution in [0.5, 0.6) is 17.2 Å². The number of phenolic OH excluding ortho intramolecular Hbond substituents is 1. The third-order valence-electron chi connectivity index (χ3n) is 6.56. The number of phenols is 1. The lowest BCUT2D eigenvalue weighted by molar-refractivity contribution is 0.0952. The number of benzene rings is 5. The van der Waals surface area contributed by atoms with Gasteiger partial charge in [-0.15, -0.1) is 6.58 Å². The Labute approximate surface area is 233 Å². The molecule has 2 N–H and O–H groups in total. The Bertz CT molecular complexity index is 1720. The zero-order valence-electron chi connectivity index (χ0n) is 22.3. The van der Waals surface area contributed by atoms with Crippen LogP contribution < -0.4 is 14.9 Å². The van der Waals surface area contributed by atoms with Crippen molar-refractivity contribution in [1.82, 2.24) is 5.43 Å². The van der Waals surface area contributed by atoms with Gasteiger partial charge in [0.25, 0.3) is 5.91 Å². The molecular weight excluding hydrogens is 500 g/mol. The van der Waals surface area contributed by atoms with E-state index >= 15 is 0 Å². The molecule has 0 aliphatic heterocycles. The summed E-state index contributed by atoms with van der Waals surface area (Å²) in [6.45, 7) is 6.65. The molecule has 0 aromatic heterocycles. The van der Waals surface area contributed by atoms with Gasteiger partial charge in [0, 0.05) is 5.56 Å². The van der Waals surface area contributed by atoms with Crippen LogP contribution in [0.3, 0.4) is 0 Å². The number of allylic oxidation sites excluding steroid dienone is 1. The quantitative estimate of drug-likeness (QED) is 0.114. The molecule has 5 rings (SSSR count). The van der Waals surface area contributed by atoms with Crippen LogP contribution in [0.1, 0.15) is 34.0 Å². The summed E-state index contributed by atoms with van der Waals surface area (Å²) in [7, 11) is 0. The minimum atomic E-state index is -0.508. The SMILES string of the molecule is C=CCc1cc(C=NNC(=O)c2cc3ccccc3cc2O)cc(OCC)c1OCc1cccc2ccccc12. The van der Waals surface area contributed by atoms with Crippen molar-refractivity contribution >= 4 is 33.7 Å². The van der Waals surface area contributed by atoms with Gasteiger partial charge in [-0.1, -0.05) is 72.8 Å². The van der Waals surface area contributed by atoms with Gasteiger partial charge in [0.1, 0.15) is 12.4 Å². The fraction of sp³-hybridized carbons (Fsp3) is 0.118. The van der Waals surface area contributed by atoms with E-state index in [1.807, 2.05) is 61.5 Å². The lowest BCUT2D eigenvalue weighted by Crippen LogP contribution is -2.17. The van der Waals surface area contributed by atoms with E-state index in [-0.39, 0.29) is 11.3 Å². The number of carbonyl (C=O) groups is 1. The molecule has 5 aromatic carbocycles. The number of amides is 1. The highest BCUT2D eigenvalue weighted by molar-refractivity contribution is 6.01. The number of hydrogen-bond acceptors (Lipinski definition) is 5. The fourth-order valence-corrected chi connectivity index (χ4v) is 4.70. The average molecular weight is 531 g/mol. The summed E-state index contributed by atoms with van der Waals surface area (Å²) in [5.74, 6) is 0.621. The van der Waals surface area contributed by atoms with Gasteiger partial charge in [0.2, 0.25) is 0 Å². The first-order chi connectivity index (χ1) is 19.6. The number of hydrazone groups is 1. The number of rotatable bonds is 10. The molecule has 0 unspecified atom stereocenters. The molecule has 0 bridgehead atoms. The van der Waals surface area contributed by atoms with Gasteiger partial charge in [0.05, 0.1) is 18.4 Å². The zero-order chi connectivity index (χ0) is 27.9. The monoisotopic (exact) mass is 530 g/mol. The maximum Gasteiger partial charge on any atom is 0.275 e. The first kappa shape index (κ1) is 26.5. The van der Waals surface area contributed by atoms with Crippen LogP contribution in [0.4, 0.5) is 0 Å². The standard InChI is InChI=1S/C34H30N2O4/c1-3-10-27-17-23(21-35-36-34(38)30-19-25-12-5-6-13-26(25)20-31(30)37)18-32(39-4-2)33(27)40-22-28-15-9-14-24-11-7-8-16-29(24)28/h3,5-9,11-21,37H,1,4,10,22H2,2H3,(H,36,38). The zero-order valence-corrected chi connectivity index (χ0v) is 22.3. The van der Waals surface area contributed by atoms with Crippen molar-refractivity contribution in [3.8, 4) is 17.2 Å². The Balaban J connectivity index is 1.38. The molecule has 0 spiro atoms. The number of aromatic hydroxyl groups is 1. The Morgan fingerprint density at radius 1 is 0.900 bits per heavy atom. The van der Waals surface area contributed by atoms with Crippen LogP contribution in [0, 0.1) is 0 Å². The second-order valence-corrected chi connectivity index (χ2v) is 9.28. The van der Waals surface area contributed by atoms with E-state index in [9.17, 15) is 9.90 Å². The fourth-order valence-electron chi connectivity index (χ4n) is 4.70.